The third-order valence-electron chi connectivity index (χ3n) is 6.07. The lowest BCUT2D eigenvalue weighted by molar-refractivity contribution is 0.119. The second kappa shape index (κ2) is 9.00. The van der Waals surface area contributed by atoms with Crippen molar-refractivity contribution in [3.05, 3.63) is 102 Å². The summed E-state index contributed by atoms with van der Waals surface area (Å²) in [6, 6.07) is 25.8. The lowest BCUT2D eigenvalue weighted by atomic mass is 10.2. The summed E-state index contributed by atoms with van der Waals surface area (Å²) in [5, 5.41) is 0. The zero-order chi connectivity index (χ0) is 21.0. The third-order valence-corrected chi connectivity index (χ3v) is 6.07. The van der Waals surface area contributed by atoms with Gasteiger partial charge in [-0.15, -0.1) is 0 Å². The Balaban J connectivity index is 1.27. The maximum atomic E-state index is 13.1. The molecule has 1 aliphatic heterocycles. The molecule has 0 bridgehead atoms. The minimum atomic E-state index is -0.174. The molecule has 0 unspecified atom stereocenters. The molecule has 3 aromatic carbocycles. The van der Waals surface area contributed by atoms with Crippen LogP contribution in [0.4, 0.5) is 4.39 Å². The Hall–Kier alpha value is -3.02. The van der Waals surface area contributed by atoms with Crippen molar-refractivity contribution >= 4 is 11.0 Å². The fourth-order valence-corrected chi connectivity index (χ4v) is 4.34. The average molecular weight is 415 g/mol. The molecule has 1 aromatic heterocycles. The summed E-state index contributed by atoms with van der Waals surface area (Å²) >= 11 is 0. The Labute approximate surface area is 182 Å². The Bertz CT molecular complexity index is 1130. The van der Waals surface area contributed by atoms with Crippen LogP contribution >= 0.6 is 0 Å². The van der Waals surface area contributed by atoms with Crippen molar-refractivity contribution in [2.24, 2.45) is 0 Å². The molecule has 0 saturated carbocycles. The molecule has 4 aromatic rings. The zero-order valence-corrected chi connectivity index (χ0v) is 17.6. The van der Waals surface area contributed by atoms with Gasteiger partial charge in [-0.05, 0) is 35.4 Å². The molecule has 1 fully saturated rings. The summed E-state index contributed by atoms with van der Waals surface area (Å²) in [5.41, 5.74) is 4.70. The molecule has 1 aliphatic rings. The van der Waals surface area contributed by atoms with Gasteiger partial charge in [0.1, 0.15) is 11.6 Å². The molecule has 0 amide bonds. The molecule has 2 heterocycles. The van der Waals surface area contributed by atoms with Crippen molar-refractivity contribution in [3.63, 3.8) is 0 Å². The molecule has 0 spiro atoms. The van der Waals surface area contributed by atoms with E-state index >= 15 is 0 Å². The summed E-state index contributed by atoms with van der Waals surface area (Å²) in [6.45, 7) is 6.60. The first-order valence-corrected chi connectivity index (χ1v) is 10.9. The topological polar surface area (TPSA) is 24.3 Å². The first-order chi connectivity index (χ1) is 15.2. The number of nitrogens with zero attached hydrogens (tertiary/aromatic N) is 4. The van der Waals surface area contributed by atoms with E-state index in [9.17, 15) is 4.39 Å². The summed E-state index contributed by atoms with van der Waals surface area (Å²) in [5.74, 6) is 0.948. The summed E-state index contributed by atoms with van der Waals surface area (Å²) in [4.78, 5) is 9.90. The van der Waals surface area contributed by atoms with Gasteiger partial charge in [-0.1, -0.05) is 54.6 Å². The van der Waals surface area contributed by atoms with Crippen molar-refractivity contribution in [3.8, 4) is 0 Å². The van der Waals surface area contributed by atoms with Crippen molar-refractivity contribution < 1.29 is 4.39 Å². The van der Waals surface area contributed by atoms with Crippen LogP contribution in [0.25, 0.3) is 11.0 Å². The number of imidazole rings is 1. The lowest BCUT2D eigenvalue weighted by Crippen LogP contribution is -2.45. The van der Waals surface area contributed by atoms with Gasteiger partial charge >= 0.3 is 0 Å². The quantitative estimate of drug-likeness (QED) is 0.463. The highest BCUT2D eigenvalue weighted by molar-refractivity contribution is 5.76. The van der Waals surface area contributed by atoms with Gasteiger partial charge in [-0.3, -0.25) is 9.80 Å². The van der Waals surface area contributed by atoms with Crippen LogP contribution in [0.1, 0.15) is 17.0 Å². The van der Waals surface area contributed by atoms with Gasteiger partial charge in [0.25, 0.3) is 0 Å². The Morgan fingerprint density at radius 2 is 1.26 bits per heavy atom. The molecule has 4 nitrogen and oxygen atoms in total. The van der Waals surface area contributed by atoms with E-state index in [2.05, 4.69) is 69.0 Å². The van der Waals surface area contributed by atoms with E-state index in [1.165, 1.54) is 16.6 Å². The highest BCUT2D eigenvalue weighted by atomic mass is 19.1. The molecular weight excluding hydrogens is 387 g/mol. The molecule has 0 radical (unpaired) electrons. The molecule has 31 heavy (non-hydrogen) atoms. The Morgan fingerprint density at radius 3 is 2.00 bits per heavy atom. The van der Waals surface area contributed by atoms with Gasteiger partial charge in [0, 0.05) is 39.3 Å². The maximum absolute atomic E-state index is 13.1. The van der Waals surface area contributed by atoms with Gasteiger partial charge in [0.15, 0.2) is 0 Å². The van der Waals surface area contributed by atoms with Crippen molar-refractivity contribution in [2.75, 3.05) is 26.2 Å². The number of aromatic nitrogens is 2. The highest BCUT2D eigenvalue weighted by Crippen LogP contribution is 2.20. The molecule has 1 saturated heterocycles. The number of halogens is 1. The van der Waals surface area contributed by atoms with Crippen LogP contribution in [0.5, 0.6) is 0 Å². The first kappa shape index (κ1) is 19.9. The largest absolute Gasteiger partial charge is 0.322 e. The first-order valence-electron chi connectivity index (χ1n) is 10.9. The van der Waals surface area contributed by atoms with Crippen LogP contribution in [-0.4, -0.2) is 45.5 Å². The van der Waals surface area contributed by atoms with E-state index in [-0.39, 0.29) is 5.82 Å². The van der Waals surface area contributed by atoms with E-state index in [0.29, 0.717) is 0 Å². The molecule has 0 N–H and O–H groups in total. The van der Waals surface area contributed by atoms with Crippen LogP contribution < -0.4 is 0 Å². The maximum Gasteiger partial charge on any atom is 0.124 e. The number of hydrogen-bond donors (Lipinski definition) is 0. The molecule has 0 atom stereocenters. The fourth-order valence-electron chi connectivity index (χ4n) is 4.34. The van der Waals surface area contributed by atoms with Gasteiger partial charge in [-0.25, -0.2) is 9.37 Å². The summed E-state index contributed by atoms with van der Waals surface area (Å²) < 4.78 is 15.5. The normalized spacial score (nSPS) is 15.5. The molecular formula is C26H27FN4. The van der Waals surface area contributed by atoms with E-state index in [0.717, 1.165) is 57.2 Å². The van der Waals surface area contributed by atoms with Gasteiger partial charge in [-0.2, -0.15) is 0 Å². The standard InChI is InChI=1S/C26H27FN4/c27-23-12-10-22(11-13-23)18-29-14-16-30(17-15-29)20-26-28-24-8-4-5-9-25(24)31(26)19-21-6-2-1-3-7-21/h1-13H,14-20H2. The second-order valence-corrected chi connectivity index (χ2v) is 8.27. The smallest absolute Gasteiger partial charge is 0.124 e. The summed E-state index contributed by atoms with van der Waals surface area (Å²) in [6.07, 6.45) is 0. The van der Waals surface area contributed by atoms with Crippen LogP contribution in [0.3, 0.4) is 0 Å². The lowest BCUT2D eigenvalue weighted by Gasteiger charge is -2.34. The van der Waals surface area contributed by atoms with Crippen LogP contribution in [0.2, 0.25) is 0 Å². The van der Waals surface area contributed by atoms with Gasteiger partial charge in [0.2, 0.25) is 0 Å². The zero-order valence-electron chi connectivity index (χ0n) is 17.6. The van der Waals surface area contributed by atoms with Crippen molar-refractivity contribution in [1.29, 1.82) is 0 Å². The second-order valence-electron chi connectivity index (χ2n) is 8.27. The van der Waals surface area contributed by atoms with Crippen molar-refractivity contribution in [2.45, 2.75) is 19.6 Å². The predicted octanol–water partition coefficient (Wildman–Crippen LogP) is 4.54. The fraction of sp³-hybridized carbons (Fsp3) is 0.269. The van der Waals surface area contributed by atoms with Crippen molar-refractivity contribution in [1.82, 2.24) is 19.4 Å². The number of para-hydroxylation sites is 2. The molecule has 0 aliphatic carbocycles. The van der Waals surface area contributed by atoms with E-state index in [1.807, 2.05) is 12.1 Å². The monoisotopic (exact) mass is 414 g/mol. The number of hydrogen-bond acceptors (Lipinski definition) is 3. The Morgan fingerprint density at radius 1 is 0.645 bits per heavy atom. The number of benzene rings is 3. The molecule has 5 rings (SSSR count). The van der Waals surface area contributed by atoms with Gasteiger partial charge in [0.05, 0.1) is 17.6 Å². The number of fused-ring (bicyclic) bond motifs is 1. The van der Waals surface area contributed by atoms with E-state index in [1.54, 1.807) is 12.1 Å². The molecule has 5 heteroatoms. The third kappa shape index (κ3) is 4.68. The SMILES string of the molecule is Fc1ccc(CN2CCN(Cc3nc4ccccc4n3Cc3ccccc3)CC2)cc1. The summed E-state index contributed by atoms with van der Waals surface area (Å²) in [7, 11) is 0. The average Bonchev–Trinajstić information content (AvgIpc) is 3.14. The van der Waals surface area contributed by atoms with Crippen LogP contribution in [0, 0.1) is 5.82 Å². The minimum absolute atomic E-state index is 0.174. The number of piperazine rings is 1. The number of rotatable bonds is 6. The molecule has 158 valence electrons. The van der Waals surface area contributed by atoms with E-state index in [4.69, 9.17) is 4.98 Å². The highest BCUT2D eigenvalue weighted by Gasteiger charge is 2.20. The van der Waals surface area contributed by atoms with Gasteiger partial charge < -0.3 is 4.57 Å². The van der Waals surface area contributed by atoms with E-state index < -0.39 is 0 Å². The minimum Gasteiger partial charge on any atom is -0.322 e. The predicted molar refractivity (Wildman–Crippen MR) is 122 cm³/mol. The Kier molecular flexibility index (Phi) is 5.78. The van der Waals surface area contributed by atoms with Crippen LogP contribution in [-0.2, 0) is 19.6 Å². The van der Waals surface area contributed by atoms with Crippen LogP contribution in [0.15, 0.2) is 78.9 Å².